The average molecular weight is 777 g/mol. The number of carbonyl (C=O) groups is 2. The molecular weight excluding hydrogens is 699 g/mol. The lowest BCUT2D eigenvalue weighted by molar-refractivity contribution is -0.161. The second-order valence-corrected chi connectivity index (χ2v) is 15.1. The predicted molar refractivity (Wildman–Crippen MR) is 225 cm³/mol. The fourth-order valence-electron chi connectivity index (χ4n) is 5.41. The maximum Gasteiger partial charge on any atom is 0.472 e. The first kappa shape index (κ1) is 51.5. The van der Waals surface area contributed by atoms with Crippen LogP contribution in [0.2, 0.25) is 0 Å². The van der Waals surface area contributed by atoms with Crippen molar-refractivity contribution in [2.45, 2.75) is 181 Å². The van der Waals surface area contributed by atoms with E-state index in [4.69, 9.17) is 18.5 Å². The Kier molecular flexibility index (Phi) is 38.3. The Hall–Kier alpha value is -2.51. The summed E-state index contributed by atoms with van der Waals surface area (Å²) in [4.78, 5) is 34.7. The molecule has 0 amide bonds. The molecule has 0 saturated carbocycles. The van der Waals surface area contributed by atoms with E-state index < -0.39 is 32.5 Å². The van der Waals surface area contributed by atoms with Crippen molar-refractivity contribution in [3.8, 4) is 0 Å². The van der Waals surface area contributed by atoms with Crippen LogP contribution in [0.25, 0.3) is 0 Å². The quantitative estimate of drug-likeness (QED) is 0.0286. The molecule has 0 aromatic heterocycles. The number of esters is 2. The van der Waals surface area contributed by atoms with E-state index in [0.29, 0.717) is 6.42 Å². The Balaban J connectivity index is 4.16. The van der Waals surface area contributed by atoms with Crippen LogP contribution < -0.4 is 0 Å². The number of rotatable bonds is 38. The van der Waals surface area contributed by atoms with Gasteiger partial charge in [-0.05, 0) is 90.4 Å². The molecule has 0 fully saturated rings. The molecule has 310 valence electrons. The second kappa shape index (κ2) is 40.2. The number of unbranched alkanes of at least 4 members (excludes halogenated alkanes) is 14. The van der Waals surface area contributed by atoms with Gasteiger partial charge in [-0.1, -0.05) is 145 Å². The third kappa shape index (κ3) is 39.2. The average Bonchev–Trinajstić information content (AvgIpc) is 3.15. The summed E-state index contributed by atoms with van der Waals surface area (Å²) in [5.74, 6) is -0.838. The number of phosphoric ester groups is 1. The van der Waals surface area contributed by atoms with Crippen LogP contribution in [0.4, 0.5) is 0 Å². The monoisotopic (exact) mass is 777 g/mol. The minimum atomic E-state index is -4.29. The maximum atomic E-state index is 12.6. The summed E-state index contributed by atoms with van der Waals surface area (Å²) >= 11 is 0. The van der Waals surface area contributed by atoms with E-state index in [0.717, 1.165) is 109 Å². The molecule has 0 spiro atoms. The van der Waals surface area contributed by atoms with Crippen molar-refractivity contribution >= 4 is 19.8 Å². The van der Waals surface area contributed by atoms with Crippen LogP contribution in [0.3, 0.4) is 0 Å². The highest BCUT2D eigenvalue weighted by Gasteiger charge is 2.25. The standard InChI is InChI=1S/C45H77O8P/c1-4-7-9-11-13-15-17-19-21-22-23-24-26-28-30-32-34-36-38-40-45(47)53-43(42-52-54(48,49)51-6-3)41-50-44(46)39-37-35-33-31-29-27-25-20-18-16-14-12-10-8-5-2/h8,10,13-16,19-21,23-25,43H,4-7,9,11-12,17-18,22,26-42H2,1-3H3,(H,48,49)/b10-8-,15-13-,16-14-,21-19-,24-23-,25-20-. The summed E-state index contributed by atoms with van der Waals surface area (Å²) in [6.07, 6.45) is 49.5. The zero-order valence-electron chi connectivity index (χ0n) is 34.3. The molecule has 2 atom stereocenters. The van der Waals surface area contributed by atoms with E-state index in [-0.39, 0.29) is 26.1 Å². The Morgan fingerprint density at radius 1 is 0.519 bits per heavy atom. The Morgan fingerprint density at radius 2 is 0.944 bits per heavy atom. The lowest BCUT2D eigenvalue weighted by atomic mass is 10.1. The maximum absolute atomic E-state index is 12.6. The normalized spacial score (nSPS) is 14.1. The van der Waals surface area contributed by atoms with Gasteiger partial charge < -0.3 is 14.4 Å². The molecule has 0 saturated heterocycles. The molecule has 2 unspecified atom stereocenters. The van der Waals surface area contributed by atoms with Gasteiger partial charge in [0.1, 0.15) is 6.61 Å². The van der Waals surface area contributed by atoms with Gasteiger partial charge in [0.15, 0.2) is 6.10 Å². The summed E-state index contributed by atoms with van der Waals surface area (Å²) < 4.78 is 32.6. The minimum Gasteiger partial charge on any atom is -0.462 e. The largest absolute Gasteiger partial charge is 0.472 e. The number of phosphoric acid groups is 1. The van der Waals surface area contributed by atoms with Crippen molar-refractivity contribution in [2.75, 3.05) is 19.8 Å². The van der Waals surface area contributed by atoms with Crippen molar-refractivity contribution in [3.63, 3.8) is 0 Å². The smallest absolute Gasteiger partial charge is 0.462 e. The summed E-state index contributed by atoms with van der Waals surface area (Å²) in [7, 11) is -4.29. The van der Waals surface area contributed by atoms with Crippen LogP contribution in [-0.2, 0) is 32.7 Å². The van der Waals surface area contributed by atoms with E-state index in [9.17, 15) is 19.0 Å². The van der Waals surface area contributed by atoms with E-state index in [1.165, 1.54) is 25.7 Å². The fraction of sp³-hybridized carbons (Fsp3) is 0.689. The highest BCUT2D eigenvalue weighted by molar-refractivity contribution is 7.47. The highest BCUT2D eigenvalue weighted by Crippen LogP contribution is 2.43. The van der Waals surface area contributed by atoms with Crippen molar-refractivity contribution in [3.05, 3.63) is 72.9 Å². The molecule has 8 nitrogen and oxygen atoms in total. The Morgan fingerprint density at radius 3 is 1.43 bits per heavy atom. The number of carbonyl (C=O) groups excluding carboxylic acids is 2. The van der Waals surface area contributed by atoms with Gasteiger partial charge in [-0.3, -0.25) is 18.6 Å². The lowest BCUT2D eigenvalue weighted by Crippen LogP contribution is -2.29. The second-order valence-electron chi connectivity index (χ2n) is 13.6. The molecule has 9 heteroatoms. The fourth-order valence-corrected chi connectivity index (χ4v) is 6.17. The topological polar surface area (TPSA) is 108 Å². The minimum absolute atomic E-state index is 0.00911. The molecule has 0 aliphatic rings. The Bertz CT molecular complexity index is 1110. The molecular formula is C45H77O8P. The van der Waals surface area contributed by atoms with Crippen LogP contribution in [0, 0.1) is 0 Å². The van der Waals surface area contributed by atoms with Gasteiger partial charge in [-0.25, -0.2) is 4.57 Å². The SMILES string of the molecule is CC/C=C\C/C=C\C/C=C\CCCCCCCC(=O)OCC(COP(=O)(O)OCC)OC(=O)CCCCCCCC/C=C\C/C=C\C/C=C\CCCCC. The first-order chi connectivity index (χ1) is 26.3. The molecule has 1 N–H and O–H groups in total. The molecule has 0 aliphatic carbocycles. The van der Waals surface area contributed by atoms with Crippen molar-refractivity contribution < 1.29 is 37.6 Å². The molecule has 0 aliphatic heterocycles. The summed E-state index contributed by atoms with van der Waals surface area (Å²) in [6, 6.07) is 0. The third-order valence-electron chi connectivity index (χ3n) is 8.50. The zero-order chi connectivity index (χ0) is 39.6. The van der Waals surface area contributed by atoms with Gasteiger partial charge >= 0.3 is 19.8 Å². The summed E-state index contributed by atoms with van der Waals surface area (Å²) in [5.41, 5.74) is 0. The summed E-state index contributed by atoms with van der Waals surface area (Å²) in [5, 5.41) is 0. The van der Waals surface area contributed by atoms with Gasteiger partial charge in [0.25, 0.3) is 0 Å². The highest BCUT2D eigenvalue weighted by atomic mass is 31.2. The van der Waals surface area contributed by atoms with Crippen LogP contribution in [0.1, 0.15) is 175 Å². The number of allylic oxidation sites excluding steroid dienone is 12. The van der Waals surface area contributed by atoms with Crippen molar-refractivity contribution in [2.24, 2.45) is 0 Å². The number of hydrogen-bond acceptors (Lipinski definition) is 7. The van der Waals surface area contributed by atoms with Gasteiger partial charge in [0.05, 0.1) is 13.2 Å². The van der Waals surface area contributed by atoms with E-state index in [1.807, 2.05) is 0 Å². The molecule has 0 bridgehead atoms. The van der Waals surface area contributed by atoms with Crippen LogP contribution in [0.5, 0.6) is 0 Å². The molecule has 0 aromatic rings. The molecule has 0 radical (unpaired) electrons. The molecule has 0 aromatic carbocycles. The number of ether oxygens (including phenoxy) is 2. The third-order valence-corrected chi connectivity index (χ3v) is 9.56. The van der Waals surface area contributed by atoms with Gasteiger partial charge in [0.2, 0.25) is 0 Å². The van der Waals surface area contributed by atoms with Crippen molar-refractivity contribution in [1.29, 1.82) is 0 Å². The van der Waals surface area contributed by atoms with Gasteiger partial charge in [0, 0.05) is 12.8 Å². The molecule has 0 rings (SSSR count). The first-order valence-corrected chi connectivity index (χ1v) is 22.7. The van der Waals surface area contributed by atoms with Gasteiger partial charge in [-0.15, -0.1) is 0 Å². The van der Waals surface area contributed by atoms with Crippen LogP contribution in [-0.4, -0.2) is 42.8 Å². The van der Waals surface area contributed by atoms with Gasteiger partial charge in [-0.2, -0.15) is 0 Å². The molecule has 0 heterocycles. The zero-order valence-corrected chi connectivity index (χ0v) is 35.2. The lowest BCUT2D eigenvalue weighted by Gasteiger charge is -2.19. The number of hydrogen-bond donors (Lipinski definition) is 1. The first-order valence-electron chi connectivity index (χ1n) is 21.2. The van der Waals surface area contributed by atoms with Crippen LogP contribution >= 0.6 is 7.82 Å². The predicted octanol–water partition coefficient (Wildman–Crippen LogP) is 13.3. The van der Waals surface area contributed by atoms with Crippen LogP contribution in [0.15, 0.2) is 72.9 Å². The Labute approximate surface area is 330 Å². The summed E-state index contributed by atoms with van der Waals surface area (Å²) in [6.45, 7) is 5.29. The van der Waals surface area contributed by atoms with Crippen molar-refractivity contribution in [1.82, 2.24) is 0 Å². The van der Waals surface area contributed by atoms with E-state index in [2.05, 4.69) is 86.8 Å². The van der Waals surface area contributed by atoms with E-state index >= 15 is 0 Å². The molecule has 54 heavy (non-hydrogen) atoms. The van der Waals surface area contributed by atoms with E-state index in [1.54, 1.807) is 6.92 Å².